The van der Waals surface area contributed by atoms with Gasteiger partial charge in [-0.05, 0) is 44.4 Å². The van der Waals surface area contributed by atoms with E-state index in [1.165, 1.54) is 19.3 Å². The zero-order valence-electron chi connectivity index (χ0n) is 11.6. The molecule has 1 saturated heterocycles. The average Bonchev–Trinajstić information content (AvgIpc) is 2.93. The molecule has 2 amide bonds. The monoisotopic (exact) mass is 253 g/mol. The molecular formula is C14H27N3O. The summed E-state index contributed by atoms with van der Waals surface area (Å²) in [6.07, 6.45) is 8.02. The Morgan fingerprint density at radius 3 is 2.44 bits per heavy atom. The molecule has 2 rings (SSSR count). The van der Waals surface area contributed by atoms with E-state index in [-0.39, 0.29) is 11.6 Å². The lowest BCUT2D eigenvalue weighted by Crippen LogP contribution is -2.58. The summed E-state index contributed by atoms with van der Waals surface area (Å²) < 4.78 is 0. The first kappa shape index (κ1) is 13.7. The van der Waals surface area contributed by atoms with Crippen molar-refractivity contribution >= 4 is 6.03 Å². The third-order valence-electron chi connectivity index (χ3n) is 4.80. The molecular weight excluding hydrogens is 226 g/mol. The summed E-state index contributed by atoms with van der Waals surface area (Å²) in [6, 6.07) is 0.105. The lowest BCUT2D eigenvalue weighted by molar-refractivity contribution is 0.163. The second kappa shape index (κ2) is 5.91. The van der Waals surface area contributed by atoms with E-state index < -0.39 is 0 Å². The number of hydrogen-bond donors (Lipinski definition) is 2. The Morgan fingerprint density at radius 2 is 1.94 bits per heavy atom. The first-order valence-corrected chi connectivity index (χ1v) is 7.46. The Labute approximate surface area is 110 Å². The van der Waals surface area contributed by atoms with Crippen molar-refractivity contribution in [1.82, 2.24) is 10.2 Å². The second-order valence-electron chi connectivity index (χ2n) is 5.96. The maximum absolute atomic E-state index is 12.2. The number of hydrogen-bond acceptors (Lipinski definition) is 2. The summed E-state index contributed by atoms with van der Waals surface area (Å²) in [5, 5.41) is 3.23. The number of amides is 2. The Balaban J connectivity index is 1.90. The summed E-state index contributed by atoms with van der Waals surface area (Å²) in [4.78, 5) is 14.1. The topological polar surface area (TPSA) is 58.4 Å². The van der Waals surface area contributed by atoms with Crippen LogP contribution in [0.5, 0.6) is 0 Å². The van der Waals surface area contributed by atoms with Crippen molar-refractivity contribution in [3.05, 3.63) is 0 Å². The number of urea groups is 1. The summed E-state index contributed by atoms with van der Waals surface area (Å²) in [5.74, 6) is 0.827. The first-order valence-electron chi connectivity index (χ1n) is 7.46. The molecule has 3 N–H and O–H groups in total. The molecule has 0 aromatic rings. The van der Waals surface area contributed by atoms with Gasteiger partial charge in [0.15, 0.2) is 0 Å². The van der Waals surface area contributed by atoms with Crippen LogP contribution in [-0.2, 0) is 0 Å². The number of rotatable bonds is 3. The van der Waals surface area contributed by atoms with Gasteiger partial charge in [0.1, 0.15) is 0 Å². The fourth-order valence-electron chi connectivity index (χ4n) is 3.24. The van der Waals surface area contributed by atoms with Gasteiger partial charge in [0.25, 0.3) is 0 Å². The van der Waals surface area contributed by atoms with Gasteiger partial charge in [-0.1, -0.05) is 13.3 Å². The quantitative estimate of drug-likeness (QED) is 0.809. The van der Waals surface area contributed by atoms with Gasteiger partial charge in [-0.2, -0.15) is 0 Å². The summed E-state index contributed by atoms with van der Waals surface area (Å²) in [7, 11) is 0. The lowest BCUT2D eigenvalue weighted by atomic mass is 9.75. The predicted octanol–water partition coefficient (Wildman–Crippen LogP) is 2.09. The molecule has 0 atom stereocenters. The van der Waals surface area contributed by atoms with Crippen LogP contribution >= 0.6 is 0 Å². The minimum absolute atomic E-state index is 0.105. The smallest absolute Gasteiger partial charge is 0.317 e. The molecule has 4 heteroatoms. The normalized spacial score (nSPS) is 32.6. The van der Waals surface area contributed by atoms with E-state index in [0.29, 0.717) is 6.54 Å². The number of carbonyl (C=O) groups excluding carboxylic acids is 1. The SMILES string of the molecule is CCC1CCC(CN)(NC(=O)N2CCCC2)CC1. The number of likely N-dealkylation sites (tertiary alicyclic amines) is 1. The minimum atomic E-state index is -0.134. The van der Waals surface area contributed by atoms with Crippen molar-refractivity contribution in [2.45, 2.75) is 57.4 Å². The van der Waals surface area contributed by atoms with Crippen LogP contribution in [0.15, 0.2) is 0 Å². The zero-order valence-corrected chi connectivity index (χ0v) is 11.6. The summed E-state index contributed by atoms with van der Waals surface area (Å²) in [5.41, 5.74) is 5.81. The molecule has 1 heterocycles. The third kappa shape index (κ3) is 2.97. The molecule has 2 fully saturated rings. The van der Waals surface area contributed by atoms with Gasteiger partial charge >= 0.3 is 6.03 Å². The predicted molar refractivity (Wildman–Crippen MR) is 73.4 cm³/mol. The Kier molecular flexibility index (Phi) is 4.49. The van der Waals surface area contributed by atoms with Crippen LogP contribution < -0.4 is 11.1 Å². The van der Waals surface area contributed by atoms with Gasteiger partial charge in [0.2, 0.25) is 0 Å². The van der Waals surface area contributed by atoms with Crippen molar-refractivity contribution in [3.63, 3.8) is 0 Å². The zero-order chi connectivity index (χ0) is 13.0. The second-order valence-corrected chi connectivity index (χ2v) is 5.96. The van der Waals surface area contributed by atoms with E-state index in [4.69, 9.17) is 5.73 Å². The number of nitrogens with one attached hydrogen (secondary N) is 1. The average molecular weight is 253 g/mol. The van der Waals surface area contributed by atoms with Crippen LogP contribution in [-0.4, -0.2) is 36.1 Å². The molecule has 2 aliphatic rings. The largest absolute Gasteiger partial charge is 0.331 e. The van der Waals surface area contributed by atoms with Crippen LogP contribution in [0.3, 0.4) is 0 Å². The molecule has 18 heavy (non-hydrogen) atoms. The molecule has 1 aliphatic carbocycles. The van der Waals surface area contributed by atoms with Crippen molar-refractivity contribution in [2.75, 3.05) is 19.6 Å². The van der Waals surface area contributed by atoms with E-state index >= 15 is 0 Å². The maximum Gasteiger partial charge on any atom is 0.317 e. The van der Waals surface area contributed by atoms with Crippen LogP contribution in [0.2, 0.25) is 0 Å². The molecule has 104 valence electrons. The van der Waals surface area contributed by atoms with Crippen molar-refractivity contribution in [1.29, 1.82) is 0 Å². The van der Waals surface area contributed by atoms with Crippen molar-refractivity contribution in [2.24, 2.45) is 11.7 Å². The minimum Gasteiger partial charge on any atom is -0.331 e. The van der Waals surface area contributed by atoms with E-state index in [0.717, 1.165) is 44.7 Å². The molecule has 0 unspecified atom stereocenters. The standard InChI is InChI=1S/C14H27N3O/c1-2-12-5-7-14(11-15,8-6-12)16-13(18)17-9-3-4-10-17/h12H,2-11,15H2,1H3,(H,16,18). The molecule has 0 aromatic heterocycles. The van der Waals surface area contributed by atoms with Gasteiger partial charge in [-0.25, -0.2) is 4.79 Å². The van der Waals surface area contributed by atoms with E-state index in [1.807, 2.05) is 4.90 Å². The van der Waals surface area contributed by atoms with Gasteiger partial charge in [0.05, 0.1) is 5.54 Å². The van der Waals surface area contributed by atoms with Crippen LogP contribution in [0, 0.1) is 5.92 Å². The highest BCUT2D eigenvalue weighted by molar-refractivity contribution is 5.75. The lowest BCUT2D eigenvalue weighted by Gasteiger charge is -2.40. The molecule has 1 aliphatic heterocycles. The Morgan fingerprint density at radius 1 is 1.33 bits per heavy atom. The third-order valence-corrected chi connectivity index (χ3v) is 4.80. The molecule has 0 bridgehead atoms. The first-order chi connectivity index (χ1) is 8.69. The van der Waals surface area contributed by atoms with Gasteiger partial charge in [-0.15, -0.1) is 0 Å². The van der Waals surface area contributed by atoms with Crippen molar-refractivity contribution in [3.8, 4) is 0 Å². The Bertz CT molecular complexity index is 279. The maximum atomic E-state index is 12.2. The van der Waals surface area contributed by atoms with Crippen LogP contribution in [0.1, 0.15) is 51.9 Å². The van der Waals surface area contributed by atoms with Crippen LogP contribution in [0.25, 0.3) is 0 Å². The molecule has 4 nitrogen and oxygen atoms in total. The van der Waals surface area contributed by atoms with Crippen molar-refractivity contribution < 1.29 is 4.79 Å². The number of nitrogens with two attached hydrogens (primary N) is 1. The van der Waals surface area contributed by atoms with E-state index in [2.05, 4.69) is 12.2 Å². The number of nitrogens with zero attached hydrogens (tertiary/aromatic N) is 1. The molecule has 0 radical (unpaired) electrons. The summed E-state index contributed by atoms with van der Waals surface area (Å²) in [6.45, 7) is 4.64. The molecule has 0 spiro atoms. The van der Waals surface area contributed by atoms with Crippen LogP contribution in [0.4, 0.5) is 4.79 Å². The summed E-state index contributed by atoms with van der Waals surface area (Å²) >= 11 is 0. The highest BCUT2D eigenvalue weighted by Crippen LogP contribution is 2.33. The van der Waals surface area contributed by atoms with Gasteiger partial charge in [-0.3, -0.25) is 0 Å². The highest BCUT2D eigenvalue weighted by atomic mass is 16.2. The van der Waals surface area contributed by atoms with Gasteiger partial charge in [0, 0.05) is 19.6 Å². The fourth-order valence-corrected chi connectivity index (χ4v) is 3.24. The molecule has 1 saturated carbocycles. The molecule has 0 aromatic carbocycles. The van der Waals surface area contributed by atoms with E-state index in [9.17, 15) is 4.79 Å². The van der Waals surface area contributed by atoms with E-state index in [1.54, 1.807) is 0 Å². The Hall–Kier alpha value is -0.770. The number of carbonyl (C=O) groups is 1. The highest BCUT2D eigenvalue weighted by Gasteiger charge is 2.36. The fraction of sp³-hybridized carbons (Fsp3) is 0.929. The van der Waals surface area contributed by atoms with Gasteiger partial charge < -0.3 is 16.0 Å².